The molecule has 1 unspecified atom stereocenters. The first-order valence-electron chi connectivity index (χ1n) is 5.79. The summed E-state index contributed by atoms with van der Waals surface area (Å²) in [6.45, 7) is 2.96. The van der Waals surface area contributed by atoms with Crippen molar-refractivity contribution in [3.63, 3.8) is 0 Å². The normalized spacial score (nSPS) is 12.4. The summed E-state index contributed by atoms with van der Waals surface area (Å²) in [5.41, 5.74) is 0. The fourth-order valence-electron chi connectivity index (χ4n) is 1.51. The second-order valence-corrected chi connectivity index (χ2v) is 4.28. The predicted molar refractivity (Wildman–Crippen MR) is 66.2 cm³/mol. The highest BCUT2D eigenvalue weighted by atomic mass is 19.1. The molecule has 1 N–H and O–H groups in total. The maximum atomic E-state index is 13.2. The average Bonchev–Trinajstić information content (AvgIpc) is 2.31. The molecule has 5 heteroatoms. The predicted octanol–water partition coefficient (Wildman–Crippen LogP) is 1.86. The van der Waals surface area contributed by atoms with Crippen LogP contribution in [0.1, 0.15) is 6.92 Å². The van der Waals surface area contributed by atoms with Gasteiger partial charge < -0.3 is 14.7 Å². The van der Waals surface area contributed by atoms with Crippen molar-refractivity contribution in [2.75, 3.05) is 26.7 Å². The molecule has 0 fully saturated rings. The van der Waals surface area contributed by atoms with Crippen LogP contribution in [0.5, 0.6) is 5.75 Å². The van der Waals surface area contributed by atoms with Gasteiger partial charge in [-0.1, -0.05) is 19.1 Å². The zero-order chi connectivity index (χ0) is 13.5. The van der Waals surface area contributed by atoms with Gasteiger partial charge in [0, 0.05) is 13.1 Å². The Labute approximate surface area is 106 Å². The number of nitrogens with zero attached hydrogens (tertiary/aromatic N) is 1. The molecular weight excluding hydrogens is 237 g/mol. The number of rotatable bonds is 7. The molecule has 0 aliphatic heterocycles. The van der Waals surface area contributed by atoms with Gasteiger partial charge in [0.1, 0.15) is 6.61 Å². The molecule has 0 aliphatic carbocycles. The lowest BCUT2D eigenvalue weighted by Gasteiger charge is -2.19. The molecule has 18 heavy (non-hydrogen) atoms. The van der Waals surface area contributed by atoms with Crippen LogP contribution in [-0.4, -0.2) is 42.7 Å². The van der Waals surface area contributed by atoms with E-state index in [-0.39, 0.29) is 11.6 Å². The van der Waals surface area contributed by atoms with Crippen LogP contribution in [0.3, 0.4) is 0 Å². The number of benzene rings is 1. The molecule has 1 atom stereocenters. The molecule has 0 radical (unpaired) electrons. The minimum atomic E-state index is -0.822. The SMILES string of the molecule is CC(CN(C)CCOc1ccccc1F)C(=O)O. The summed E-state index contributed by atoms with van der Waals surface area (Å²) >= 11 is 0. The van der Waals surface area contributed by atoms with E-state index in [1.807, 2.05) is 11.9 Å². The Hall–Kier alpha value is -1.62. The fraction of sp³-hybridized carbons (Fsp3) is 0.462. The molecule has 0 aliphatic rings. The van der Waals surface area contributed by atoms with Crippen LogP contribution in [-0.2, 0) is 4.79 Å². The third-order valence-corrected chi connectivity index (χ3v) is 2.57. The molecule has 0 spiro atoms. The number of carbonyl (C=O) groups is 1. The maximum Gasteiger partial charge on any atom is 0.307 e. The molecule has 4 nitrogen and oxygen atoms in total. The molecule has 1 aromatic carbocycles. The summed E-state index contributed by atoms with van der Waals surface area (Å²) in [7, 11) is 1.81. The molecule has 0 amide bonds. The summed E-state index contributed by atoms with van der Waals surface area (Å²) in [6, 6.07) is 6.21. The van der Waals surface area contributed by atoms with Crippen LogP contribution in [0.25, 0.3) is 0 Å². The number of aliphatic carboxylic acids is 1. The van der Waals surface area contributed by atoms with Gasteiger partial charge in [0.2, 0.25) is 0 Å². The Balaban J connectivity index is 2.30. The minimum Gasteiger partial charge on any atom is -0.489 e. The van der Waals surface area contributed by atoms with Crippen LogP contribution in [0.15, 0.2) is 24.3 Å². The molecular formula is C13H18FNO3. The van der Waals surface area contributed by atoms with Crippen molar-refractivity contribution in [3.8, 4) is 5.75 Å². The van der Waals surface area contributed by atoms with Crippen molar-refractivity contribution in [1.29, 1.82) is 0 Å². The standard InChI is InChI=1S/C13H18FNO3/c1-10(13(16)17)9-15(2)7-8-18-12-6-4-3-5-11(12)14/h3-6,10H,7-9H2,1-2H3,(H,16,17). The van der Waals surface area contributed by atoms with E-state index in [9.17, 15) is 9.18 Å². The van der Waals surface area contributed by atoms with E-state index in [0.29, 0.717) is 19.7 Å². The quantitative estimate of drug-likeness (QED) is 0.808. The number of hydrogen-bond acceptors (Lipinski definition) is 3. The van der Waals surface area contributed by atoms with Crippen molar-refractivity contribution in [1.82, 2.24) is 4.90 Å². The van der Waals surface area contributed by atoms with E-state index >= 15 is 0 Å². The first kappa shape index (κ1) is 14.4. The Kier molecular flexibility index (Phi) is 5.58. The van der Waals surface area contributed by atoms with E-state index in [1.54, 1.807) is 25.1 Å². The number of carboxylic acid groups (broad SMARTS) is 1. The second kappa shape index (κ2) is 6.96. The van der Waals surface area contributed by atoms with Gasteiger partial charge >= 0.3 is 5.97 Å². The number of ether oxygens (including phenoxy) is 1. The highest BCUT2D eigenvalue weighted by molar-refractivity contribution is 5.69. The van der Waals surface area contributed by atoms with Gasteiger partial charge in [-0.15, -0.1) is 0 Å². The van der Waals surface area contributed by atoms with Gasteiger partial charge in [-0.25, -0.2) is 4.39 Å². The molecule has 0 bridgehead atoms. The fourth-order valence-corrected chi connectivity index (χ4v) is 1.51. The van der Waals surface area contributed by atoms with E-state index in [1.165, 1.54) is 6.07 Å². The molecule has 100 valence electrons. The lowest BCUT2D eigenvalue weighted by Crippen LogP contribution is -2.31. The number of carboxylic acids is 1. The van der Waals surface area contributed by atoms with Crippen molar-refractivity contribution in [2.24, 2.45) is 5.92 Å². The molecule has 0 aromatic heterocycles. The van der Waals surface area contributed by atoms with Crippen LogP contribution >= 0.6 is 0 Å². The number of halogens is 1. The van der Waals surface area contributed by atoms with Crippen LogP contribution in [0.2, 0.25) is 0 Å². The van der Waals surface area contributed by atoms with Gasteiger partial charge in [-0.05, 0) is 19.2 Å². The zero-order valence-electron chi connectivity index (χ0n) is 10.6. The third kappa shape index (κ3) is 4.71. The molecule has 1 aromatic rings. The topological polar surface area (TPSA) is 49.8 Å². The lowest BCUT2D eigenvalue weighted by atomic mass is 10.2. The summed E-state index contributed by atoms with van der Waals surface area (Å²) in [6.07, 6.45) is 0. The second-order valence-electron chi connectivity index (χ2n) is 4.28. The Morgan fingerprint density at radius 1 is 1.50 bits per heavy atom. The van der Waals surface area contributed by atoms with Gasteiger partial charge in [-0.3, -0.25) is 4.79 Å². The number of para-hydroxylation sites is 1. The smallest absolute Gasteiger partial charge is 0.307 e. The van der Waals surface area contributed by atoms with Crippen LogP contribution in [0.4, 0.5) is 4.39 Å². The highest BCUT2D eigenvalue weighted by Gasteiger charge is 2.13. The summed E-state index contributed by atoms with van der Waals surface area (Å²) in [4.78, 5) is 12.5. The molecule has 0 saturated carbocycles. The van der Waals surface area contributed by atoms with E-state index in [4.69, 9.17) is 9.84 Å². The highest BCUT2D eigenvalue weighted by Crippen LogP contribution is 2.15. The van der Waals surface area contributed by atoms with E-state index in [0.717, 1.165) is 0 Å². The Morgan fingerprint density at radius 2 is 2.17 bits per heavy atom. The summed E-state index contributed by atoms with van der Waals surface area (Å²) in [5, 5.41) is 8.76. The molecule has 0 saturated heterocycles. The molecule has 0 heterocycles. The van der Waals surface area contributed by atoms with Crippen molar-refractivity contribution in [3.05, 3.63) is 30.1 Å². The summed E-state index contributed by atoms with van der Waals surface area (Å²) < 4.78 is 18.5. The van der Waals surface area contributed by atoms with Gasteiger partial charge in [0.25, 0.3) is 0 Å². The van der Waals surface area contributed by atoms with Crippen molar-refractivity contribution in [2.45, 2.75) is 6.92 Å². The first-order valence-corrected chi connectivity index (χ1v) is 5.79. The van der Waals surface area contributed by atoms with Crippen molar-refractivity contribution >= 4 is 5.97 Å². The number of hydrogen-bond donors (Lipinski definition) is 1. The van der Waals surface area contributed by atoms with Gasteiger partial charge in [0.05, 0.1) is 5.92 Å². The lowest BCUT2D eigenvalue weighted by molar-refractivity contribution is -0.141. The van der Waals surface area contributed by atoms with E-state index < -0.39 is 11.9 Å². The average molecular weight is 255 g/mol. The summed E-state index contributed by atoms with van der Waals surface area (Å²) in [5.74, 6) is -1.42. The van der Waals surface area contributed by atoms with Crippen molar-refractivity contribution < 1.29 is 19.0 Å². The van der Waals surface area contributed by atoms with Gasteiger partial charge in [0.15, 0.2) is 11.6 Å². The van der Waals surface area contributed by atoms with Gasteiger partial charge in [-0.2, -0.15) is 0 Å². The largest absolute Gasteiger partial charge is 0.489 e. The monoisotopic (exact) mass is 255 g/mol. The Bertz CT molecular complexity index is 398. The third-order valence-electron chi connectivity index (χ3n) is 2.57. The van der Waals surface area contributed by atoms with Crippen LogP contribution in [0, 0.1) is 11.7 Å². The maximum absolute atomic E-state index is 13.2. The minimum absolute atomic E-state index is 0.220. The van der Waals surface area contributed by atoms with Crippen LogP contribution < -0.4 is 4.74 Å². The van der Waals surface area contributed by atoms with E-state index in [2.05, 4.69) is 0 Å². The molecule has 1 rings (SSSR count). The zero-order valence-corrected chi connectivity index (χ0v) is 10.6. The Morgan fingerprint density at radius 3 is 2.78 bits per heavy atom. The number of likely N-dealkylation sites (N-methyl/N-ethyl adjacent to an activating group) is 1. The first-order chi connectivity index (χ1) is 8.50.